The molecule has 28 heteroatoms. The lowest BCUT2D eigenvalue weighted by Gasteiger charge is -2.24. The van der Waals surface area contributed by atoms with E-state index in [0.29, 0.717) is 38.9 Å². The zero-order valence-corrected chi connectivity index (χ0v) is 66.1. The van der Waals surface area contributed by atoms with Gasteiger partial charge in [0.1, 0.15) is 22.4 Å². The van der Waals surface area contributed by atoms with E-state index in [2.05, 4.69) is 15.6 Å². The highest BCUT2D eigenvalue weighted by Gasteiger charge is 2.23. The number of benzene rings is 6. The van der Waals surface area contributed by atoms with Gasteiger partial charge in [0.25, 0.3) is 0 Å². The van der Waals surface area contributed by atoms with E-state index in [0.717, 1.165) is 37.0 Å². The Labute approximate surface area is 651 Å². The molecule has 5 amide bonds. The van der Waals surface area contributed by atoms with Crippen molar-refractivity contribution in [3.63, 3.8) is 0 Å². The highest BCUT2D eigenvalue weighted by Crippen LogP contribution is 2.23. The van der Waals surface area contributed by atoms with Crippen LogP contribution in [0, 0.1) is 0 Å². The summed E-state index contributed by atoms with van der Waals surface area (Å²) in [4.78, 5) is 61.2. The molecule has 0 saturated carbocycles. The van der Waals surface area contributed by atoms with Crippen LogP contribution in [0.2, 0.25) is 0 Å². The molecule has 6 aromatic rings. The summed E-state index contributed by atoms with van der Waals surface area (Å²) in [6.07, 6.45) is -3.68. The lowest BCUT2D eigenvalue weighted by molar-refractivity contribution is -0.106. The van der Waals surface area contributed by atoms with Gasteiger partial charge in [-0.3, -0.25) is 4.79 Å². The number of methoxy groups -OCH3 is 8. The van der Waals surface area contributed by atoms with Gasteiger partial charge in [-0.1, -0.05) is 155 Å². The van der Waals surface area contributed by atoms with Crippen LogP contribution < -0.4 is 16.8 Å². The number of carbonyl (C=O) groups is 5. The van der Waals surface area contributed by atoms with Gasteiger partial charge in [0.2, 0.25) is 5.91 Å². The summed E-state index contributed by atoms with van der Waals surface area (Å²) in [7, 11) is 16.3. The predicted octanol–water partition coefficient (Wildman–Crippen LogP) is 15.2. The van der Waals surface area contributed by atoms with E-state index in [1.165, 1.54) is 92.2 Å². The molecule has 27 nitrogen and oxygen atoms in total. The molecule has 0 atom stereocenters. The van der Waals surface area contributed by atoms with Crippen molar-refractivity contribution in [1.82, 2.24) is 20.0 Å². The number of hydrogen-bond donors (Lipinski definition) is 5. The van der Waals surface area contributed by atoms with Gasteiger partial charge in [0, 0.05) is 147 Å². The fourth-order valence-electron chi connectivity index (χ4n) is 8.04. The second kappa shape index (κ2) is 48.8. The van der Waals surface area contributed by atoms with E-state index in [-0.39, 0.29) is 10.7 Å². The number of ether oxygens (including phenoxy) is 12. The average Bonchev–Trinajstić information content (AvgIpc) is 0.812. The van der Waals surface area contributed by atoms with Gasteiger partial charge in [-0.05, 0) is 129 Å². The number of hydrogen-bond acceptors (Lipinski definition) is 22. The summed E-state index contributed by atoms with van der Waals surface area (Å²) in [5.41, 5.74) is 14.0. The normalized spacial score (nSPS) is 13.5. The van der Waals surface area contributed by atoms with E-state index < -0.39 is 110 Å². The number of nitrogens with zero attached hydrogens (tertiary/aromatic N) is 5. The maximum Gasteiger partial charge on any atom is 0.410 e. The molecule has 0 unspecified atom stereocenters. The number of primary amides is 1. The minimum absolute atomic E-state index is 0.104. The second-order valence-corrected chi connectivity index (χ2v) is 26.6. The number of nitrogens with one attached hydrogen (secondary N) is 1. The Morgan fingerprint density at radius 1 is 0.439 bits per heavy atom. The van der Waals surface area contributed by atoms with E-state index in [4.69, 9.17) is 104 Å². The molecule has 592 valence electrons. The Hall–Kier alpha value is -9.26. The molecule has 0 bridgehead atoms. The largest absolute Gasteiger partial charge is 0.444 e. The number of alkyl carbamates (subject to hydrolysis) is 1. The fourth-order valence-corrected chi connectivity index (χ4v) is 8.17. The molecule has 6 rings (SSSR count). The van der Waals surface area contributed by atoms with E-state index in [1.54, 1.807) is 221 Å². The van der Waals surface area contributed by atoms with Crippen LogP contribution in [-0.2, 0) is 89.3 Å². The Bertz CT molecular complexity index is 4060. The standard InChI is InChI=1S/C16H25NO4.C15H23NO4.C14H19ClN2O3.C14H20N2O3.C10H13NO3.C10H15NO2/c1-16(2,3)21-15(18)17(4)11-12-7-9-13(10-8-12)14(19-5)20-6;1-15(2,3)20-14(17)16-10-11-6-8-12(9-7-11)13(18-4)19-5;1-14(2,3)20-13(18)17(4)9-10-5-7-11(8-6-10)12(15)16-19;1-14(2,3)19-13(17)16(4)10-12-7-5-11(6-8-12)9-15-18;1-13-10(14-2)8-5-3-7(4-6-8)9(11)12;1-12-10(13-2)9-5-3-8(7-11)4-6-9/h7-10,14H,11H2,1-6H3;6-9,13H,10H2,1-5H3,(H,16,17);5-8,19H,9H2,1-4H3;5-9,18H,10H2,1-4H3;3-6,10H,1-2H3,(H2,11,12);3-6,10H,7,11H2,1-2H3/b;;16-12-;15-9+;;/i11D2;10D2;9D2;10D2;;7D2. The van der Waals surface area contributed by atoms with Crippen molar-refractivity contribution < 1.29 is 105 Å². The van der Waals surface area contributed by atoms with Crippen molar-refractivity contribution in [3.05, 3.63) is 212 Å². The lowest BCUT2D eigenvalue weighted by Crippen LogP contribution is -2.33. The monoisotopic (exact) mass is 1520 g/mol. The van der Waals surface area contributed by atoms with Gasteiger partial charge in [0.05, 0.1) is 17.2 Å². The molecule has 0 spiro atoms. The summed E-state index contributed by atoms with van der Waals surface area (Å²) in [6.45, 7) is 10.7. The number of rotatable bonds is 24. The number of halogens is 1. The Balaban J connectivity index is 0.000000708. The first-order chi connectivity index (χ1) is 53.8. The first-order valence-electron chi connectivity index (χ1n) is 37.8. The van der Waals surface area contributed by atoms with Gasteiger partial charge in [-0.15, -0.1) is 0 Å². The van der Waals surface area contributed by atoms with Crippen LogP contribution in [0.1, 0.15) is 194 Å². The highest BCUT2D eigenvalue weighted by molar-refractivity contribution is 6.69. The molecule has 0 aliphatic rings. The maximum absolute atomic E-state index is 12.1. The van der Waals surface area contributed by atoms with Crippen molar-refractivity contribution in [2.75, 3.05) is 78.0 Å². The van der Waals surface area contributed by atoms with Gasteiger partial charge in [-0.2, -0.15) is 0 Å². The van der Waals surface area contributed by atoms with Crippen LogP contribution in [0.5, 0.6) is 0 Å². The third-order valence-electron chi connectivity index (χ3n) is 12.8. The van der Waals surface area contributed by atoms with Crippen LogP contribution in [-0.4, -0.2) is 167 Å². The van der Waals surface area contributed by atoms with Crippen LogP contribution in [0.15, 0.2) is 156 Å². The van der Waals surface area contributed by atoms with Crippen LogP contribution in [0.4, 0.5) is 19.2 Å². The molecule has 107 heavy (non-hydrogen) atoms. The lowest BCUT2D eigenvalue weighted by atomic mass is 10.1. The van der Waals surface area contributed by atoms with Crippen molar-refractivity contribution in [1.29, 1.82) is 0 Å². The van der Waals surface area contributed by atoms with Crippen LogP contribution in [0.25, 0.3) is 0 Å². The number of nitrogens with two attached hydrogens (primary N) is 2. The van der Waals surface area contributed by atoms with Gasteiger partial charge in [0.15, 0.2) is 30.3 Å². The van der Waals surface area contributed by atoms with Crippen LogP contribution >= 0.6 is 11.6 Å². The van der Waals surface area contributed by atoms with Gasteiger partial charge in [-0.25, -0.2) is 19.2 Å². The Morgan fingerprint density at radius 2 is 0.701 bits per heavy atom. The summed E-state index contributed by atoms with van der Waals surface area (Å²) in [6, 6.07) is 38.8. The molecule has 0 fully saturated rings. The molecule has 0 saturated heterocycles. The van der Waals surface area contributed by atoms with Crippen molar-refractivity contribution in [2.45, 2.75) is 163 Å². The third kappa shape index (κ3) is 40.3. The summed E-state index contributed by atoms with van der Waals surface area (Å²) in [5.74, 6) is -0.442. The van der Waals surface area contributed by atoms with Crippen LogP contribution in [0.3, 0.4) is 0 Å². The fraction of sp³-hybridized carbons (Fsp3) is 0.456. The summed E-state index contributed by atoms with van der Waals surface area (Å²) >= 11 is 5.66. The van der Waals surface area contributed by atoms with E-state index in [9.17, 15) is 24.0 Å². The quantitative estimate of drug-likeness (QED) is 0.0124. The van der Waals surface area contributed by atoms with E-state index >= 15 is 0 Å². The molecular formula is C79H115ClN8O19. The summed E-state index contributed by atoms with van der Waals surface area (Å²) < 4.78 is 141. The van der Waals surface area contributed by atoms with Gasteiger partial charge >= 0.3 is 24.4 Å². The zero-order valence-electron chi connectivity index (χ0n) is 75.3. The topological polar surface area (TPSA) is 335 Å². The second-order valence-electron chi connectivity index (χ2n) is 26.3. The third-order valence-corrected chi connectivity index (χ3v) is 13.1. The molecule has 0 radical (unpaired) electrons. The Kier molecular flexibility index (Phi) is 36.0. The minimum Gasteiger partial charge on any atom is -0.444 e. The first-order valence-corrected chi connectivity index (χ1v) is 33.1. The molecule has 0 heterocycles. The van der Waals surface area contributed by atoms with Crippen molar-refractivity contribution in [3.8, 4) is 0 Å². The highest BCUT2D eigenvalue weighted by atomic mass is 35.5. The van der Waals surface area contributed by atoms with Gasteiger partial charge < -0.3 is 98.7 Å². The minimum atomic E-state index is -2.07. The molecule has 6 aromatic carbocycles. The van der Waals surface area contributed by atoms with E-state index in [1.807, 2.05) is 0 Å². The number of amides is 5. The summed E-state index contributed by atoms with van der Waals surface area (Å²) in [5, 5.41) is 24.9. The predicted molar refractivity (Wildman–Crippen MR) is 412 cm³/mol. The van der Waals surface area contributed by atoms with Crippen molar-refractivity contribution in [2.24, 2.45) is 21.8 Å². The number of carbonyl (C=O) groups excluding carboxylic acids is 5. The molecule has 0 aromatic heterocycles. The van der Waals surface area contributed by atoms with Crippen molar-refractivity contribution >= 4 is 53.3 Å². The molecule has 0 aliphatic heterocycles. The SMILES string of the molecule is COC(OC)c1ccc(C(N)=O)cc1.[2H]C([2H])(N)c1ccc(C(OC)OC)cc1.[2H]C([2H])(NC(=O)OC(C)(C)C)c1ccc(C(OC)OC)cc1.[2H]C([2H])(c1ccc(/C(Cl)=N/O)cc1)N(C)C(=O)OC(C)(C)C.[2H]C([2H])(c1ccc(/C=N/O)cc1)N(C)C(=O)OC(C)(C)C.[2H]C([2H])(c1ccc(C(OC)OC)cc1)N(C)C(=O)OC(C)(C)C. The molecule has 0 aliphatic carbocycles. The maximum atomic E-state index is 12.1. The average molecular weight is 1530 g/mol. The first kappa shape index (κ1) is 78.8. The zero-order chi connectivity index (χ0) is 90.2. The molecule has 7 N–H and O–H groups in total. The number of oxime groups is 2. The smallest absolute Gasteiger partial charge is 0.410 e. The Morgan fingerprint density at radius 3 is 0.963 bits per heavy atom. The molecular weight excluding hydrogens is 1400 g/mol.